The van der Waals surface area contributed by atoms with Gasteiger partial charge in [0.05, 0.1) is 43.2 Å². The minimum Gasteiger partial charge on any atom is -0.497 e. The fraction of sp³-hybridized carbons (Fsp3) is 0.393. The van der Waals surface area contributed by atoms with Gasteiger partial charge in [-0.05, 0) is 50.1 Å². The second-order valence-corrected chi connectivity index (χ2v) is 11.8. The predicted octanol–water partition coefficient (Wildman–Crippen LogP) is 3.60. The first kappa shape index (κ1) is 27.2. The fourth-order valence-electron chi connectivity index (χ4n) is 6.29. The van der Waals surface area contributed by atoms with E-state index in [0.29, 0.717) is 16.3 Å². The van der Waals surface area contributed by atoms with Crippen LogP contribution in [0.4, 0.5) is 19.3 Å². The van der Waals surface area contributed by atoms with E-state index < -0.39 is 53.1 Å². The summed E-state index contributed by atoms with van der Waals surface area (Å²) in [7, 11) is 1.53. The predicted molar refractivity (Wildman–Crippen MR) is 144 cm³/mol. The van der Waals surface area contributed by atoms with Crippen molar-refractivity contribution >= 4 is 34.9 Å². The summed E-state index contributed by atoms with van der Waals surface area (Å²) < 4.78 is 42.7. The van der Waals surface area contributed by atoms with Crippen molar-refractivity contribution in [3.63, 3.8) is 0 Å². The lowest BCUT2D eigenvalue weighted by Crippen LogP contribution is -2.75. The molecule has 1 aromatic heterocycles. The van der Waals surface area contributed by atoms with Gasteiger partial charge in [0.25, 0.3) is 0 Å². The second kappa shape index (κ2) is 9.84. The van der Waals surface area contributed by atoms with E-state index in [1.807, 2.05) is 0 Å². The number of ether oxygens (including phenoxy) is 2. The van der Waals surface area contributed by atoms with Crippen molar-refractivity contribution in [3.05, 3.63) is 58.1 Å². The number of rotatable bonds is 4. The van der Waals surface area contributed by atoms with E-state index in [0.717, 1.165) is 16.2 Å². The summed E-state index contributed by atoms with van der Waals surface area (Å²) in [6, 6.07) is 6.41. The molecule has 1 N–H and O–H groups in total. The van der Waals surface area contributed by atoms with Gasteiger partial charge < -0.3 is 14.4 Å². The molecule has 214 valence electrons. The van der Waals surface area contributed by atoms with Crippen LogP contribution in [0.15, 0.2) is 30.3 Å². The zero-order chi connectivity index (χ0) is 29.2. The largest absolute Gasteiger partial charge is 0.497 e. The number of amides is 4. The zero-order valence-corrected chi connectivity index (χ0v) is 23.6. The third-order valence-electron chi connectivity index (χ3n) is 7.96. The molecule has 4 atom stereocenters. The summed E-state index contributed by atoms with van der Waals surface area (Å²) in [5.74, 6) is -3.11. The Morgan fingerprint density at radius 1 is 1.15 bits per heavy atom. The van der Waals surface area contributed by atoms with Gasteiger partial charge in [0, 0.05) is 13.0 Å². The minimum absolute atomic E-state index is 0.0238. The Kier molecular flexibility index (Phi) is 6.53. The maximum Gasteiger partial charge on any atom is 0.331 e. The molecule has 3 aliphatic heterocycles. The molecule has 0 aliphatic carbocycles. The lowest BCUT2D eigenvalue weighted by molar-refractivity contribution is -0.161. The highest BCUT2D eigenvalue weighted by Crippen LogP contribution is 2.50. The Labute approximate surface area is 238 Å². The first-order chi connectivity index (χ1) is 19.5. The molecule has 3 aliphatic rings. The Morgan fingerprint density at radius 3 is 2.54 bits per heavy atom. The summed E-state index contributed by atoms with van der Waals surface area (Å²) in [4.78, 5) is 43.8. The van der Waals surface area contributed by atoms with Crippen molar-refractivity contribution < 1.29 is 32.6 Å². The molecule has 0 bridgehead atoms. The van der Waals surface area contributed by atoms with Gasteiger partial charge in [-0.25, -0.2) is 13.6 Å². The van der Waals surface area contributed by atoms with Gasteiger partial charge in [-0.15, -0.1) is 10.2 Å². The number of urea groups is 1. The van der Waals surface area contributed by atoms with Crippen LogP contribution in [-0.2, 0) is 27.3 Å². The third kappa shape index (κ3) is 4.17. The molecule has 2 aromatic carbocycles. The standard InChI is InChI=1S/C28H27F2N5O5S/c1-13-11-34-22-17(9-19(20(29)21(22)30)24-33-32-15(3)41-24)10-28(23(34)14(2)40-13)25(36)31-27(38)35(26(28)37)12-16-5-7-18(39-4)8-6-16/h5-9,13-14,23H,10-12H2,1-4H3,(H,31,36,38)/t13-,14+,23?,28?/m0/s1. The topological polar surface area (TPSA) is 114 Å². The van der Waals surface area contributed by atoms with Crippen LogP contribution in [-0.4, -0.2) is 64.8 Å². The minimum atomic E-state index is -1.86. The molecule has 13 heteroatoms. The van der Waals surface area contributed by atoms with E-state index in [2.05, 4.69) is 15.5 Å². The summed E-state index contributed by atoms with van der Waals surface area (Å²) in [5.41, 5.74) is -1.10. The average molecular weight is 584 g/mol. The second-order valence-electron chi connectivity index (χ2n) is 10.6. The molecule has 4 heterocycles. The van der Waals surface area contributed by atoms with E-state index in [-0.39, 0.29) is 41.3 Å². The first-order valence-corrected chi connectivity index (χ1v) is 13.9. The number of benzene rings is 2. The lowest BCUT2D eigenvalue weighted by atomic mass is 9.66. The molecule has 6 rings (SSSR count). The van der Waals surface area contributed by atoms with E-state index >= 15 is 8.78 Å². The van der Waals surface area contributed by atoms with Gasteiger partial charge in [0.15, 0.2) is 22.1 Å². The van der Waals surface area contributed by atoms with Crippen LogP contribution in [0.3, 0.4) is 0 Å². The van der Waals surface area contributed by atoms with Gasteiger partial charge in [0.2, 0.25) is 11.8 Å². The van der Waals surface area contributed by atoms with E-state index in [1.165, 1.54) is 13.2 Å². The number of carbonyl (C=O) groups is 3. The molecule has 3 aromatic rings. The highest BCUT2D eigenvalue weighted by atomic mass is 32.1. The Bertz CT molecular complexity index is 1580. The SMILES string of the molecule is COc1ccc(CN2C(=O)NC(=O)C3(Cc4cc(-c5nnc(C)s5)c(F)c(F)c4N4C[C@H](C)O[C@H](C)C43)C2=O)cc1. The van der Waals surface area contributed by atoms with Crippen LogP contribution < -0.4 is 15.0 Å². The molecular formula is C28H27F2N5O5S. The monoisotopic (exact) mass is 583 g/mol. The molecule has 0 radical (unpaired) electrons. The number of nitrogens with one attached hydrogen (secondary N) is 1. The Hall–Kier alpha value is -3.97. The molecule has 2 fully saturated rings. The van der Waals surface area contributed by atoms with E-state index in [9.17, 15) is 14.4 Å². The number of hydrogen-bond donors (Lipinski definition) is 1. The van der Waals surface area contributed by atoms with E-state index in [4.69, 9.17) is 9.47 Å². The number of hydrogen-bond acceptors (Lipinski definition) is 9. The first-order valence-electron chi connectivity index (χ1n) is 13.1. The van der Waals surface area contributed by atoms with Crippen LogP contribution in [0.5, 0.6) is 5.75 Å². The molecular weight excluding hydrogens is 556 g/mol. The van der Waals surface area contributed by atoms with Crippen molar-refractivity contribution in [2.75, 3.05) is 18.6 Å². The van der Waals surface area contributed by atoms with Crippen LogP contribution in [0.1, 0.15) is 30.0 Å². The number of barbiturate groups is 1. The Morgan fingerprint density at radius 2 is 1.88 bits per heavy atom. The van der Waals surface area contributed by atoms with Crippen molar-refractivity contribution in [2.45, 2.75) is 52.0 Å². The van der Waals surface area contributed by atoms with E-state index in [1.54, 1.807) is 49.9 Å². The normalized spacial score (nSPS) is 25.7. The highest BCUT2D eigenvalue weighted by molar-refractivity contribution is 7.14. The maximum absolute atomic E-state index is 15.9. The number of carbonyl (C=O) groups excluding carboxylic acids is 3. The lowest BCUT2D eigenvalue weighted by Gasteiger charge is -2.56. The summed E-state index contributed by atoms with van der Waals surface area (Å²) >= 11 is 1.10. The Balaban J connectivity index is 1.50. The average Bonchev–Trinajstić information content (AvgIpc) is 3.37. The number of nitrogens with zero attached hydrogens (tertiary/aromatic N) is 4. The number of fused-ring (bicyclic) bond motifs is 4. The number of imide groups is 2. The van der Waals surface area contributed by atoms with Crippen molar-refractivity contribution in [3.8, 4) is 16.3 Å². The summed E-state index contributed by atoms with van der Waals surface area (Å²) in [5, 5.41) is 11.0. The van der Waals surface area contributed by atoms with Crippen molar-refractivity contribution in [1.82, 2.24) is 20.4 Å². The third-order valence-corrected chi connectivity index (χ3v) is 8.83. The molecule has 2 unspecified atom stereocenters. The van der Waals surface area contributed by atoms with Crippen LogP contribution in [0, 0.1) is 24.0 Å². The van der Waals surface area contributed by atoms with Gasteiger partial charge in [-0.2, -0.15) is 0 Å². The quantitative estimate of drug-likeness (QED) is 0.464. The van der Waals surface area contributed by atoms with Crippen LogP contribution in [0.25, 0.3) is 10.6 Å². The zero-order valence-electron chi connectivity index (χ0n) is 22.7. The van der Waals surface area contributed by atoms with Crippen LogP contribution >= 0.6 is 11.3 Å². The van der Waals surface area contributed by atoms with Gasteiger partial charge in [0.1, 0.15) is 10.8 Å². The molecule has 41 heavy (non-hydrogen) atoms. The number of methoxy groups -OCH3 is 1. The van der Waals surface area contributed by atoms with Gasteiger partial charge in [-0.3, -0.25) is 19.8 Å². The molecule has 10 nitrogen and oxygen atoms in total. The van der Waals surface area contributed by atoms with Crippen LogP contribution in [0.2, 0.25) is 0 Å². The fourth-order valence-corrected chi connectivity index (χ4v) is 6.99. The van der Waals surface area contributed by atoms with Crippen molar-refractivity contribution in [1.29, 1.82) is 0 Å². The molecule has 0 saturated carbocycles. The maximum atomic E-state index is 15.9. The summed E-state index contributed by atoms with van der Waals surface area (Å²) in [6.07, 6.45) is -1.41. The number of halogens is 2. The van der Waals surface area contributed by atoms with Crippen molar-refractivity contribution in [2.24, 2.45) is 5.41 Å². The number of anilines is 1. The molecule has 4 amide bonds. The summed E-state index contributed by atoms with van der Waals surface area (Å²) in [6.45, 7) is 5.16. The molecule has 1 spiro atoms. The van der Waals surface area contributed by atoms with Gasteiger partial charge >= 0.3 is 6.03 Å². The number of aromatic nitrogens is 2. The number of aryl methyl sites for hydroxylation is 1. The molecule has 2 saturated heterocycles. The number of morpholine rings is 1. The smallest absolute Gasteiger partial charge is 0.331 e. The highest BCUT2D eigenvalue weighted by Gasteiger charge is 2.65. The van der Waals surface area contributed by atoms with Gasteiger partial charge in [-0.1, -0.05) is 23.5 Å².